The van der Waals surface area contributed by atoms with Gasteiger partial charge in [-0.15, -0.1) is 0 Å². The van der Waals surface area contributed by atoms with Crippen molar-refractivity contribution in [3.63, 3.8) is 0 Å². The molecule has 0 bridgehead atoms. The number of nitrogens with zero attached hydrogens (tertiary/aromatic N) is 2. The largest absolute Gasteiger partial charge is 0.309 e. The molecule has 0 amide bonds. The molecule has 0 fully saturated rings. The molecule has 11 aromatic carbocycles. The summed E-state index contributed by atoms with van der Waals surface area (Å²) in [6.45, 7) is 0. The highest BCUT2D eigenvalue weighted by Gasteiger charge is 2.35. The number of hydrogen-bond acceptors (Lipinski definition) is 3. The van der Waals surface area contributed by atoms with Gasteiger partial charge < -0.3 is 22.8 Å². The molecule has 0 unspecified atom stereocenters. The Balaban J connectivity index is 1.07. The van der Waals surface area contributed by atoms with Crippen molar-refractivity contribution in [1.29, 1.82) is 0 Å². The van der Waals surface area contributed by atoms with Crippen LogP contribution in [0.15, 0.2) is 285 Å². The minimum Gasteiger partial charge on any atom is -0.309 e. The molecule has 0 aliphatic heterocycles. The SMILES string of the molecule is O=P(c1ccccc1)(c1ccccc1)c1ccc2c(c1)c1cc(P(=O)(c3ccccc3)c3ccc4c(c3)c3cc(P(=O)(c5ccccc5)c5ccccc5)ccc3n4-c3ccccc3)ccc1n2-c1ccccc1. The summed E-state index contributed by atoms with van der Waals surface area (Å²) in [5.74, 6) is 0. The van der Waals surface area contributed by atoms with Gasteiger partial charge in [-0.25, -0.2) is 0 Å². The fourth-order valence-electron chi connectivity index (χ4n) is 11.0. The lowest BCUT2D eigenvalue weighted by molar-refractivity contribution is 0.591. The molecule has 0 saturated carbocycles. The third-order valence-electron chi connectivity index (χ3n) is 14.5. The average molecular weight is 1010 g/mol. The van der Waals surface area contributed by atoms with E-state index in [0.29, 0.717) is 15.9 Å². The van der Waals surface area contributed by atoms with Crippen LogP contribution in [0.2, 0.25) is 0 Å². The quantitative estimate of drug-likeness (QED) is 0.121. The number of benzene rings is 11. The molecular weight excluding hydrogens is 962 g/mol. The summed E-state index contributed by atoms with van der Waals surface area (Å²) in [6.07, 6.45) is 0. The normalized spacial score (nSPS) is 12.2. The van der Waals surface area contributed by atoms with Crippen molar-refractivity contribution in [3.05, 3.63) is 285 Å². The Bertz CT molecular complexity index is 4020. The third kappa shape index (κ3) is 7.26. The van der Waals surface area contributed by atoms with E-state index in [1.165, 1.54) is 0 Å². The maximum Gasteiger partial charge on any atom is 0.171 e. The first-order valence-corrected chi connectivity index (χ1v) is 29.8. The summed E-state index contributed by atoms with van der Waals surface area (Å²) in [7, 11) is -10.4. The van der Waals surface area contributed by atoms with Crippen molar-refractivity contribution in [2.75, 3.05) is 0 Å². The van der Waals surface area contributed by atoms with Crippen molar-refractivity contribution in [2.45, 2.75) is 0 Å². The van der Waals surface area contributed by atoms with Crippen LogP contribution in [0.5, 0.6) is 0 Å². The molecular formula is C66H47N2O3P3. The van der Waals surface area contributed by atoms with Gasteiger partial charge in [0.1, 0.15) is 0 Å². The van der Waals surface area contributed by atoms with Crippen molar-refractivity contribution < 1.29 is 13.7 Å². The predicted octanol–water partition coefficient (Wildman–Crippen LogP) is 12.8. The first kappa shape index (κ1) is 45.6. The molecule has 8 heteroatoms. The number of hydrogen-bond donors (Lipinski definition) is 0. The summed E-state index contributed by atoms with van der Waals surface area (Å²) in [5, 5.41) is 10.1. The zero-order valence-electron chi connectivity index (χ0n) is 40.1. The molecule has 74 heavy (non-hydrogen) atoms. The smallest absolute Gasteiger partial charge is 0.171 e. The molecule has 0 aliphatic carbocycles. The lowest BCUT2D eigenvalue weighted by atomic mass is 10.1. The van der Waals surface area contributed by atoms with E-state index in [-0.39, 0.29) is 0 Å². The van der Waals surface area contributed by atoms with Crippen LogP contribution < -0.4 is 47.7 Å². The molecule has 0 atom stereocenters. The van der Waals surface area contributed by atoms with E-state index < -0.39 is 21.4 Å². The van der Waals surface area contributed by atoms with Gasteiger partial charge in [0.25, 0.3) is 0 Å². The lowest BCUT2D eigenvalue weighted by Crippen LogP contribution is -2.25. The van der Waals surface area contributed by atoms with E-state index in [9.17, 15) is 0 Å². The Morgan fingerprint density at radius 2 is 0.392 bits per heavy atom. The van der Waals surface area contributed by atoms with Crippen LogP contribution in [-0.2, 0) is 13.7 Å². The summed E-state index contributed by atoms with van der Waals surface area (Å²) in [5.41, 5.74) is 5.74. The molecule has 0 saturated heterocycles. The average Bonchev–Trinajstić information content (AvgIpc) is 4.00. The first-order valence-electron chi connectivity index (χ1n) is 24.7. The van der Waals surface area contributed by atoms with E-state index >= 15 is 13.7 Å². The van der Waals surface area contributed by atoms with Crippen LogP contribution in [0.25, 0.3) is 55.0 Å². The van der Waals surface area contributed by atoms with Gasteiger partial charge in [-0.05, 0) is 97.1 Å². The van der Waals surface area contributed by atoms with Gasteiger partial charge in [0.15, 0.2) is 21.4 Å². The highest BCUT2D eigenvalue weighted by atomic mass is 31.2. The molecule has 0 radical (unpaired) electrons. The van der Waals surface area contributed by atoms with Gasteiger partial charge in [0, 0.05) is 80.7 Å². The fourth-order valence-corrected chi connectivity index (χ4v) is 19.0. The highest BCUT2D eigenvalue weighted by molar-refractivity contribution is 7.86. The van der Waals surface area contributed by atoms with Crippen LogP contribution in [-0.4, -0.2) is 9.13 Å². The molecule has 5 nitrogen and oxygen atoms in total. The molecule has 13 rings (SSSR count). The van der Waals surface area contributed by atoms with E-state index in [4.69, 9.17) is 0 Å². The summed E-state index contributed by atoms with van der Waals surface area (Å²) < 4.78 is 53.3. The van der Waals surface area contributed by atoms with Crippen molar-refractivity contribution in [3.8, 4) is 11.4 Å². The fraction of sp³-hybridized carbons (Fsp3) is 0. The minimum absolute atomic E-state index is 0.674. The van der Waals surface area contributed by atoms with Gasteiger partial charge in [-0.2, -0.15) is 0 Å². The number of rotatable bonds is 11. The summed E-state index contributed by atoms with van der Waals surface area (Å²) >= 11 is 0. The van der Waals surface area contributed by atoms with Gasteiger partial charge >= 0.3 is 0 Å². The summed E-state index contributed by atoms with van der Waals surface area (Å²) in [6, 6.07) is 94.3. The topological polar surface area (TPSA) is 61.1 Å². The zero-order chi connectivity index (χ0) is 49.9. The lowest BCUT2D eigenvalue weighted by Gasteiger charge is -2.21. The van der Waals surface area contributed by atoms with Crippen LogP contribution in [0, 0.1) is 0 Å². The van der Waals surface area contributed by atoms with Crippen molar-refractivity contribution in [2.24, 2.45) is 0 Å². The monoisotopic (exact) mass is 1010 g/mol. The molecule has 0 aliphatic rings. The second-order valence-corrected chi connectivity index (χ2v) is 27.0. The summed E-state index contributed by atoms with van der Waals surface area (Å²) in [4.78, 5) is 0. The van der Waals surface area contributed by atoms with Gasteiger partial charge in [0.05, 0.1) is 22.1 Å². The Morgan fingerprint density at radius 1 is 0.203 bits per heavy atom. The van der Waals surface area contributed by atoms with Crippen molar-refractivity contribution in [1.82, 2.24) is 9.13 Å². The van der Waals surface area contributed by atoms with Gasteiger partial charge in [0.2, 0.25) is 0 Å². The molecule has 2 heterocycles. The Labute approximate surface area is 429 Å². The van der Waals surface area contributed by atoms with E-state index in [1.807, 2.05) is 212 Å². The van der Waals surface area contributed by atoms with Crippen LogP contribution >= 0.6 is 21.4 Å². The Morgan fingerprint density at radius 3 is 0.608 bits per heavy atom. The Kier molecular flexibility index (Phi) is 11.3. The first-order chi connectivity index (χ1) is 36.3. The second kappa shape index (κ2) is 18.3. The standard InChI is InChI=1S/C66H47N2O3P3/c69-72(50-26-12-3-13-27-50,51-28-14-4-15-29-51)55-36-40-63-59(44-55)61-46-57(38-42-65(61)67(63)48-22-8-1-9-23-48)74(71,54-34-20-7-21-35-54)58-39-43-66-62(47-58)60-45-56(37-41-64(60)68(66)49-24-10-2-11-25-49)73(70,52-30-16-5-17-31-52)53-32-18-6-19-33-53/h1-47H. The molecule has 2 aromatic heterocycles. The number of para-hydroxylation sites is 2. The maximum absolute atomic E-state index is 17.0. The second-order valence-electron chi connectivity index (χ2n) is 18.7. The van der Waals surface area contributed by atoms with E-state index in [0.717, 1.165) is 86.8 Å². The molecule has 13 aromatic rings. The van der Waals surface area contributed by atoms with Crippen LogP contribution in [0.3, 0.4) is 0 Å². The molecule has 0 spiro atoms. The van der Waals surface area contributed by atoms with Crippen LogP contribution in [0.4, 0.5) is 0 Å². The third-order valence-corrected chi connectivity index (χ3v) is 23.7. The highest BCUT2D eigenvalue weighted by Crippen LogP contribution is 2.48. The van der Waals surface area contributed by atoms with Crippen LogP contribution in [0.1, 0.15) is 0 Å². The van der Waals surface area contributed by atoms with E-state index in [2.05, 4.69) is 81.9 Å². The number of aromatic nitrogens is 2. The zero-order valence-corrected chi connectivity index (χ0v) is 42.8. The number of fused-ring (bicyclic) bond motifs is 6. The maximum atomic E-state index is 17.0. The van der Waals surface area contributed by atoms with Crippen molar-refractivity contribution >= 4 is 113 Å². The van der Waals surface area contributed by atoms with Gasteiger partial charge in [-0.3, -0.25) is 0 Å². The predicted molar refractivity (Wildman–Crippen MR) is 313 cm³/mol. The van der Waals surface area contributed by atoms with Gasteiger partial charge in [-0.1, -0.05) is 188 Å². The molecule has 0 N–H and O–H groups in total. The molecule has 354 valence electrons. The minimum atomic E-state index is -3.67. The van der Waals surface area contributed by atoms with E-state index in [1.54, 1.807) is 0 Å². The Hall–Kier alpha value is -8.29.